The second-order valence-electron chi connectivity index (χ2n) is 8.97. The van der Waals surface area contributed by atoms with Gasteiger partial charge in [-0.3, -0.25) is 9.59 Å². The molecular weight excluding hydrogens is 304 g/mol. The summed E-state index contributed by atoms with van der Waals surface area (Å²) in [6, 6.07) is 0. The summed E-state index contributed by atoms with van der Waals surface area (Å²) in [5.41, 5.74) is -2.07. The Bertz CT molecular complexity index is 669. The van der Waals surface area contributed by atoms with E-state index in [1.54, 1.807) is 12.2 Å². The Morgan fingerprint density at radius 3 is 2.38 bits per heavy atom. The summed E-state index contributed by atoms with van der Waals surface area (Å²) in [6.07, 6.45) is 4.93. The minimum atomic E-state index is -1.83. The van der Waals surface area contributed by atoms with E-state index < -0.39 is 28.7 Å². The van der Waals surface area contributed by atoms with E-state index >= 15 is 0 Å². The molecule has 0 aromatic heterocycles. The molecule has 1 fully saturated rings. The highest BCUT2D eigenvalue weighted by molar-refractivity contribution is 6.48. The van der Waals surface area contributed by atoms with Crippen LogP contribution in [0, 0.1) is 22.7 Å². The van der Waals surface area contributed by atoms with Crippen LogP contribution in [0.3, 0.4) is 0 Å². The van der Waals surface area contributed by atoms with Crippen molar-refractivity contribution >= 4 is 11.6 Å². The number of hydrogen-bond donors (Lipinski definition) is 2. The van der Waals surface area contributed by atoms with Crippen LogP contribution >= 0.6 is 0 Å². The zero-order valence-corrected chi connectivity index (χ0v) is 15.2. The molecule has 0 aliphatic heterocycles. The van der Waals surface area contributed by atoms with Crippen LogP contribution in [0.15, 0.2) is 23.3 Å². The number of rotatable bonds is 1. The van der Waals surface area contributed by atoms with Gasteiger partial charge in [0.25, 0.3) is 0 Å². The van der Waals surface area contributed by atoms with Crippen molar-refractivity contribution in [2.75, 3.05) is 0 Å². The van der Waals surface area contributed by atoms with Gasteiger partial charge in [0.15, 0.2) is 5.60 Å². The predicted molar refractivity (Wildman–Crippen MR) is 91.2 cm³/mol. The highest BCUT2D eigenvalue weighted by Gasteiger charge is 2.67. The maximum Gasteiger partial charge on any atom is 0.239 e. The molecule has 0 radical (unpaired) electrons. The molecule has 2 N–H and O–H groups in total. The molecule has 0 heterocycles. The molecule has 0 spiro atoms. The van der Waals surface area contributed by atoms with Crippen molar-refractivity contribution in [3.63, 3.8) is 0 Å². The maximum atomic E-state index is 13.0. The van der Waals surface area contributed by atoms with Crippen LogP contribution in [0.25, 0.3) is 0 Å². The molecule has 0 aromatic rings. The van der Waals surface area contributed by atoms with Crippen LogP contribution in [-0.4, -0.2) is 33.5 Å². The lowest BCUT2D eigenvalue weighted by Gasteiger charge is -2.61. The van der Waals surface area contributed by atoms with Gasteiger partial charge in [0.1, 0.15) is 0 Å². The second kappa shape index (κ2) is 5.12. The Kier molecular flexibility index (Phi) is 3.75. The molecule has 0 saturated heterocycles. The highest BCUT2D eigenvalue weighted by atomic mass is 16.3. The first-order valence-corrected chi connectivity index (χ1v) is 8.90. The highest BCUT2D eigenvalue weighted by Crippen LogP contribution is 2.62. The fourth-order valence-corrected chi connectivity index (χ4v) is 5.56. The summed E-state index contributed by atoms with van der Waals surface area (Å²) in [7, 11) is 0. The molecule has 3 aliphatic carbocycles. The van der Waals surface area contributed by atoms with Crippen molar-refractivity contribution in [2.24, 2.45) is 22.7 Å². The van der Waals surface area contributed by atoms with Gasteiger partial charge in [-0.2, -0.15) is 0 Å². The van der Waals surface area contributed by atoms with E-state index in [0.29, 0.717) is 17.6 Å². The van der Waals surface area contributed by atoms with Crippen molar-refractivity contribution in [1.82, 2.24) is 0 Å². The van der Waals surface area contributed by atoms with Gasteiger partial charge in [-0.05, 0) is 41.9 Å². The molecule has 0 aromatic carbocycles. The first-order chi connectivity index (χ1) is 11.0. The monoisotopic (exact) mass is 332 g/mol. The number of hydrogen-bond acceptors (Lipinski definition) is 4. The minimum Gasteiger partial charge on any atom is -0.389 e. The Hall–Kier alpha value is -1.26. The van der Waals surface area contributed by atoms with Gasteiger partial charge < -0.3 is 10.2 Å². The van der Waals surface area contributed by atoms with E-state index in [-0.39, 0.29) is 17.3 Å². The maximum absolute atomic E-state index is 13.0. The van der Waals surface area contributed by atoms with E-state index in [0.717, 1.165) is 12.8 Å². The number of carbonyl (C=O) groups excluding carboxylic acids is 2. The number of Topliss-reactive ketones (excluding diaryl/α,β-unsaturated/α-hetero) is 2. The molecule has 4 nitrogen and oxygen atoms in total. The Labute approximate surface area is 143 Å². The molecule has 4 atom stereocenters. The third-order valence-corrected chi connectivity index (χ3v) is 6.71. The lowest BCUT2D eigenvalue weighted by atomic mass is 9.44. The lowest BCUT2D eigenvalue weighted by molar-refractivity contribution is -0.183. The first kappa shape index (κ1) is 17.6. The molecular formula is C20H28O4. The summed E-state index contributed by atoms with van der Waals surface area (Å²) in [4.78, 5) is 25.6. The number of carbonyl (C=O) groups is 2. The van der Waals surface area contributed by atoms with Gasteiger partial charge >= 0.3 is 0 Å². The summed E-state index contributed by atoms with van der Waals surface area (Å²) in [6.45, 7) is 9.73. The average Bonchev–Trinajstić information content (AvgIpc) is 2.45. The van der Waals surface area contributed by atoms with Gasteiger partial charge in [0.2, 0.25) is 11.6 Å². The molecule has 0 bridgehead atoms. The van der Waals surface area contributed by atoms with Crippen LogP contribution in [0.2, 0.25) is 0 Å². The Morgan fingerprint density at radius 1 is 1.17 bits per heavy atom. The molecule has 4 heteroatoms. The van der Waals surface area contributed by atoms with Gasteiger partial charge in [-0.1, -0.05) is 41.0 Å². The topological polar surface area (TPSA) is 74.6 Å². The van der Waals surface area contributed by atoms with Crippen LogP contribution in [0.4, 0.5) is 0 Å². The number of fused-ring (bicyclic) bond motifs is 3. The van der Waals surface area contributed by atoms with Crippen LogP contribution in [0.1, 0.15) is 53.9 Å². The zero-order valence-electron chi connectivity index (χ0n) is 15.2. The molecule has 3 aliphatic rings. The smallest absolute Gasteiger partial charge is 0.239 e. The molecule has 132 valence electrons. The van der Waals surface area contributed by atoms with Gasteiger partial charge in [0, 0.05) is 16.9 Å². The van der Waals surface area contributed by atoms with E-state index in [2.05, 4.69) is 13.8 Å². The van der Waals surface area contributed by atoms with Crippen molar-refractivity contribution in [1.29, 1.82) is 0 Å². The van der Waals surface area contributed by atoms with Crippen molar-refractivity contribution < 1.29 is 19.8 Å². The molecule has 0 amide bonds. The SMILES string of the molecule is CC(C)C1=CC2=C[C@H](O)[C@H]3C(C)(C)CCC[C@]3(C)[C@@]2(O)C(=O)C1=O. The van der Waals surface area contributed by atoms with Gasteiger partial charge in [-0.15, -0.1) is 0 Å². The quantitative estimate of drug-likeness (QED) is 0.724. The van der Waals surface area contributed by atoms with E-state index in [1.807, 2.05) is 20.8 Å². The second-order valence-corrected chi connectivity index (χ2v) is 8.97. The Balaban J connectivity index is 2.27. The zero-order chi connectivity index (χ0) is 18.1. The van der Waals surface area contributed by atoms with Crippen LogP contribution in [0.5, 0.6) is 0 Å². The summed E-state index contributed by atoms with van der Waals surface area (Å²) >= 11 is 0. The van der Waals surface area contributed by atoms with E-state index in [1.165, 1.54) is 0 Å². The number of aliphatic hydroxyl groups excluding tert-OH is 1. The molecule has 1 saturated carbocycles. The summed E-state index contributed by atoms with van der Waals surface area (Å²) in [5, 5.41) is 22.4. The van der Waals surface area contributed by atoms with Crippen LogP contribution in [-0.2, 0) is 9.59 Å². The third-order valence-electron chi connectivity index (χ3n) is 6.71. The van der Waals surface area contributed by atoms with Gasteiger partial charge in [-0.25, -0.2) is 0 Å². The van der Waals surface area contributed by atoms with Crippen LogP contribution < -0.4 is 0 Å². The normalized spacial score (nSPS) is 41.5. The molecule has 0 unspecified atom stereocenters. The van der Waals surface area contributed by atoms with E-state index in [9.17, 15) is 19.8 Å². The Morgan fingerprint density at radius 2 is 1.79 bits per heavy atom. The molecule has 3 rings (SSSR count). The predicted octanol–water partition coefficient (Wildman–Crippen LogP) is 2.59. The summed E-state index contributed by atoms with van der Waals surface area (Å²) in [5.74, 6) is -1.67. The number of allylic oxidation sites excluding steroid dienone is 1. The van der Waals surface area contributed by atoms with Crippen molar-refractivity contribution in [3.8, 4) is 0 Å². The van der Waals surface area contributed by atoms with Crippen molar-refractivity contribution in [3.05, 3.63) is 23.3 Å². The largest absolute Gasteiger partial charge is 0.389 e. The molecule has 24 heavy (non-hydrogen) atoms. The fraction of sp³-hybridized carbons (Fsp3) is 0.700. The van der Waals surface area contributed by atoms with Crippen molar-refractivity contribution in [2.45, 2.75) is 65.6 Å². The van der Waals surface area contributed by atoms with E-state index in [4.69, 9.17) is 0 Å². The third kappa shape index (κ3) is 1.99. The lowest BCUT2D eigenvalue weighted by Crippen LogP contribution is -2.68. The minimum absolute atomic E-state index is 0.0997. The number of ketones is 2. The number of aliphatic hydroxyl groups is 2. The average molecular weight is 332 g/mol. The summed E-state index contributed by atoms with van der Waals surface area (Å²) < 4.78 is 0. The first-order valence-electron chi connectivity index (χ1n) is 8.90. The fourth-order valence-electron chi connectivity index (χ4n) is 5.56. The van der Waals surface area contributed by atoms with Gasteiger partial charge in [0.05, 0.1) is 6.10 Å². The standard InChI is InChI=1S/C20H28O4/c1-11(2)13-9-12-10-14(21)16-18(3,4)7-6-8-19(16,5)20(12,24)17(23)15(13)22/h9-11,14,16,21,24H,6-8H2,1-5H3/t14-,16-,19-,20-/m0/s1.